The molecule has 1 unspecified atom stereocenters. The minimum Gasteiger partial charge on any atom is -0.338 e. The van der Waals surface area contributed by atoms with Gasteiger partial charge in [-0.3, -0.25) is 4.79 Å². The van der Waals surface area contributed by atoms with Crippen LogP contribution in [0.1, 0.15) is 33.1 Å². The monoisotopic (exact) mass is 291 g/mol. The largest absolute Gasteiger partial charge is 0.338 e. The molecule has 1 fully saturated rings. The van der Waals surface area contributed by atoms with Crippen molar-refractivity contribution in [3.8, 4) is 0 Å². The molecule has 0 radical (unpaired) electrons. The fraction of sp³-hybridized carbons (Fsp3) is 0.917. The van der Waals surface area contributed by atoms with Crippen molar-refractivity contribution in [1.29, 1.82) is 0 Å². The summed E-state index contributed by atoms with van der Waals surface area (Å²) in [7, 11) is -3.36. The summed E-state index contributed by atoms with van der Waals surface area (Å²) in [6.07, 6.45) is 3.81. The highest BCUT2D eigenvalue weighted by Gasteiger charge is 2.28. The van der Waals surface area contributed by atoms with E-state index >= 15 is 0 Å². The smallest absolute Gasteiger partial charge is 0.240 e. The lowest BCUT2D eigenvalue weighted by Gasteiger charge is -2.36. The van der Waals surface area contributed by atoms with Gasteiger partial charge in [-0.2, -0.15) is 0 Å². The summed E-state index contributed by atoms with van der Waals surface area (Å²) in [4.78, 5) is 14.2. The van der Waals surface area contributed by atoms with Gasteiger partial charge in [0.2, 0.25) is 15.9 Å². The van der Waals surface area contributed by atoms with E-state index in [1.165, 1.54) is 0 Å². The van der Waals surface area contributed by atoms with Crippen LogP contribution in [0.5, 0.6) is 0 Å². The molecular weight excluding hydrogens is 266 g/mol. The predicted molar refractivity (Wildman–Crippen MR) is 75.3 cm³/mol. The normalized spacial score (nSPS) is 19.1. The van der Waals surface area contributed by atoms with Crippen molar-refractivity contribution in [2.75, 3.05) is 25.9 Å². The van der Waals surface area contributed by atoms with Gasteiger partial charge in [-0.15, -0.1) is 0 Å². The Bertz CT molecular complexity index is 391. The van der Waals surface area contributed by atoms with E-state index in [4.69, 9.17) is 0 Å². The molecule has 0 spiro atoms. The van der Waals surface area contributed by atoms with E-state index in [2.05, 4.69) is 10.0 Å². The lowest BCUT2D eigenvalue weighted by atomic mass is 10.0. The standard InChI is InChI=1S/C12H25N3O3S/c1-4-9-15(11-5-7-13-8-6-11)12(16)10(2)14-19(3,17)18/h10-11,13-14H,4-9H2,1-3H3. The van der Waals surface area contributed by atoms with Crippen molar-refractivity contribution < 1.29 is 13.2 Å². The summed E-state index contributed by atoms with van der Waals surface area (Å²) in [5.41, 5.74) is 0. The van der Waals surface area contributed by atoms with Crippen LogP contribution < -0.4 is 10.0 Å². The van der Waals surface area contributed by atoms with E-state index in [0.29, 0.717) is 6.54 Å². The summed E-state index contributed by atoms with van der Waals surface area (Å²) in [5.74, 6) is -0.126. The zero-order chi connectivity index (χ0) is 14.5. The molecule has 1 aliphatic heterocycles. The average molecular weight is 291 g/mol. The van der Waals surface area contributed by atoms with E-state index < -0.39 is 16.1 Å². The summed E-state index contributed by atoms with van der Waals surface area (Å²) >= 11 is 0. The highest BCUT2D eigenvalue weighted by Crippen LogP contribution is 2.14. The van der Waals surface area contributed by atoms with Crippen LogP contribution in [0.2, 0.25) is 0 Å². The van der Waals surface area contributed by atoms with Gasteiger partial charge >= 0.3 is 0 Å². The van der Waals surface area contributed by atoms with Gasteiger partial charge in [0.15, 0.2) is 0 Å². The van der Waals surface area contributed by atoms with Crippen molar-refractivity contribution in [1.82, 2.24) is 14.9 Å². The van der Waals surface area contributed by atoms with E-state index in [-0.39, 0.29) is 11.9 Å². The van der Waals surface area contributed by atoms with Crippen molar-refractivity contribution in [3.05, 3.63) is 0 Å². The Kier molecular flexibility index (Phi) is 6.22. The Morgan fingerprint density at radius 3 is 2.47 bits per heavy atom. The first-order valence-corrected chi connectivity index (χ1v) is 8.72. The molecule has 1 saturated heterocycles. The Hall–Kier alpha value is -0.660. The van der Waals surface area contributed by atoms with Crippen molar-refractivity contribution in [2.24, 2.45) is 0 Å². The first kappa shape index (κ1) is 16.4. The van der Waals surface area contributed by atoms with Crippen LogP contribution in [0.15, 0.2) is 0 Å². The highest BCUT2D eigenvalue weighted by atomic mass is 32.2. The molecule has 2 N–H and O–H groups in total. The molecule has 0 aliphatic carbocycles. The number of carbonyl (C=O) groups excluding carboxylic acids is 1. The topological polar surface area (TPSA) is 78.5 Å². The Balaban J connectivity index is 2.71. The molecule has 7 heteroatoms. The van der Waals surface area contributed by atoms with Gasteiger partial charge < -0.3 is 10.2 Å². The molecule has 1 aliphatic rings. The minimum atomic E-state index is -3.36. The second-order valence-electron chi connectivity index (χ2n) is 5.12. The van der Waals surface area contributed by atoms with Gasteiger partial charge in [0.1, 0.15) is 0 Å². The van der Waals surface area contributed by atoms with Crippen molar-refractivity contribution in [3.63, 3.8) is 0 Å². The fourth-order valence-electron chi connectivity index (χ4n) is 2.45. The highest BCUT2D eigenvalue weighted by molar-refractivity contribution is 7.88. The fourth-order valence-corrected chi connectivity index (χ4v) is 3.20. The summed E-state index contributed by atoms with van der Waals surface area (Å²) in [6, 6.07) is -0.478. The van der Waals surface area contributed by atoms with Gasteiger partial charge in [0.25, 0.3) is 0 Å². The predicted octanol–water partition coefficient (Wildman–Crippen LogP) is -0.0853. The zero-order valence-corrected chi connectivity index (χ0v) is 12.8. The maximum atomic E-state index is 12.4. The molecule has 19 heavy (non-hydrogen) atoms. The number of nitrogens with zero attached hydrogens (tertiary/aromatic N) is 1. The number of hydrogen-bond donors (Lipinski definition) is 2. The number of hydrogen-bond acceptors (Lipinski definition) is 4. The van der Waals surface area contributed by atoms with Gasteiger partial charge in [0.05, 0.1) is 12.3 Å². The van der Waals surface area contributed by atoms with Gasteiger partial charge in [-0.25, -0.2) is 13.1 Å². The second-order valence-corrected chi connectivity index (χ2v) is 6.90. The average Bonchev–Trinajstić information content (AvgIpc) is 2.34. The molecule has 6 nitrogen and oxygen atoms in total. The zero-order valence-electron chi connectivity index (χ0n) is 12.0. The molecule has 0 aromatic carbocycles. The van der Waals surface area contributed by atoms with Crippen LogP contribution in [-0.2, 0) is 14.8 Å². The van der Waals surface area contributed by atoms with Gasteiger partial charge in [-0.1, -0.05) is 6.92 Å². The van der Waals surface area contributed by atoms with Gasteiger partial charge in [-0.05, 0) is 39.3 Å². The SMILES string of the molecule is CCCN(C(=O)C(C)NS(C)(=O)=O)C1CCNCC1. The van der Waals surface area contributed by atoms with E-state index in [1.54, 1.807) is 6.92 Å². The minimum absolute atomic E-state index is 0.126. The first-order chi connectivity index (χ1) is 8.85. The van der Waals surface area contributed by atoms with Crippen molar-refractivity contribution >= 4 is 15.9 Å². The molecular formula is C12H25N3O3S. The number of carbonyl (C=O) groups is 1. The summed E-state index contributed by atoms with van der Waals surface area (Å²) in [6.45, 7) is 6.13. The van der Waals surface area contributed by atoms with Crippen LogP contribution >= 0.6 is 0 Å². The molecule has 112 valence electrons. The molecule has 1 heterocycles. The second kappa shape index (κ2) is 7.21. The molecule has 1 rings (SSSR count). The third-order valence-electron chi connectivity index (χ3n) is 3.26. The summed E-state index contributed by atoms with van der Waals surface area (Å²) in [5, 5.41) is 3.27. The van der Waals surface area contributed by atoms with Crippen LogP contribution in [0.3, 0.4) is 0 Å². The van der Waals surface area contributed by atoms with Crippen LogP contribution in [0, 0.1) is 0 Å². The first-order valence-electron chi connectivity index (χ1n) is 6.83. The lowest BCUT2D eigenvalue weighted by molar-refractivity contribution is -0.135. The molecule has 1 atom stereocenters. The number of rotatable bonds is 6. The van der Waals surface area contributed by atoms with Crippen LogP contribution in [0.4, 0.5) is 0 Å². The Morgan fingerprint density at radius 2 is 2.00 bits per heavy atom. The maximum Gasteiger partial charge on any atom is 0.240 e. The molecule has 0 aromatic rings. The lowest BCUT2D eigenvalue weighted by Crippen LogP contribution is -2.53. The number of sulfonamides is 1. The summed E-state index contributed by atoms with van der Waals surface area (Å²) < 4.78 is 24.8. The molecule has 0 saturated carbocycles. The Morgan fingerprint density at radius 1 is 1.42 bits per heavy atom. The molecule has 1 amide bonds. The number of amides is 1. The van der Waals surface area contributed by atoms with Crippen molar-refractivity contribution in [2.45, 2.75) is 45.2 Å². The quantitative estimate of drug-likeness (QED) is 0.717. The van der Waals surface area contributed by atoms with Crippen LogP contribution in [0.25, 0.3) is 0 Å². The van der Waals surface area contributed by atoms with Gasteiger partial charge in [0, 0.05) is 12.6 Å². The maximum absolute atomic E-state index is 12.4. The van der Waals surface area contributed by atoms with E-state index in [1.807, 2.05) is 11.8 Å². The number of piperidine rings is 1. The van der Waals surface area contributed by atoms with Crippen LogP contribution in [-0.4, -0.2) is 57.2 Å². The Labute approximate surface area is 116 Å². The van der Waals surface area contributed by atoms with E-state index in [9.17, 15) is 13.2 Å². The van der Waals surface area contributed by atoms with E-state index in [0.717, 1.165) is 38.6 Å². The third kappa shape index (κ3) is 5.46. The number of nitrogens with one attached hydrogen (secondary N) is 2. The third-order valence-corrected chi connectivity index (χ3v) is 4.04. The molecule has 0 aromatic heterocycles. The molecule has 0 bridgehead atoms.